The third-order valence-corrected chi connectivity index (χ3v) is 5.80. The van der Waals surface area contributed by atoms with Gasteiger partial charge >= 0.3 is 0 Å². The Balaban J connectivity index is 1.35. The van der Waals surface area contributed by atoms with Crippen LogP contribution >= 0.6 is 0 Å². The van der Waals surface area contributed by atoms with Crippen molar-refractivity contribution in [3.63, 3.8) is 0 Å². The predicted molar refractivity (Wildman–Crippen MR) is 133 cm³/mol. The SMILES string of the molecule is COc1ccccc1OCCN(C[C@@H](O)COc1cccc2[nH]c3ccccc3c12)C(C)C. The number of fused-ring (bicyclic) bond motifs is 3. The summed E-state index contributed by atoms with van der Waals surface area (Å²) in [7, 11) is 1.63. The van der Waals surface area contributed by atoms with E-state index >= 15 is 0 Å². The molecule has 0 aliphatic rings. The zero-order chi connectivity index (χ0) is 23.2. The Morgan fingerprint density at radius 1 is 0.848 bits per heavy atom. The summed E-state index contributed by atoms with van der Waals surface area (Å²) in [5.41, 5.74) is 2.10. The van der Waals surface area contributed by atoms with Gasteiger partial charge < -0.3 is 24.3 Å². The second-order valence-electron chi connectivity index (χ2n) is 8.40. The number of aliphatic hydroxyl groups excluding tert-OH is 1. The van der Waals surface area contributed by atoms with Gasteiger partial charge in [-0.3, -0.25) is 4.90 Å². The highest BCUT2D eigenvalue weighted by Gasteiger charge is 2.17. The molecule has 0 saturated carbocycles. The van der Waals surface area contributed by atoms with Gasteiger partial charge in [-0.05, 0) is 44.2 Å². The Labute approximate surface area is 194 Å². The van der Waals surface area contributed by atoms with Crippen LogP contribution in [-0.4, -0.2) is 60.5 Å². The third-order valence-electron chi connectivity index (χ3n) is 5.80. The first kappa shape index (κ1) is 23.0. The second-order valence-corrected chi connectivity index (χ2v) is 8.40. The average Bonchev–Trinajstić information content (AvgIpc) is 3.21. The van der Waals surface area contributed by atoms with Gasteiger partial charge in [0.15, 0.2) is 11.5 Å². The molecular formula is C27H32N2O4. The van der Waals surface area contributed by atoms with E-state index in [-0.39, 0.29) is 12.6 Å². The number of aromatic nitrogens is 1. The van der Waals surface area contributed by atoms with Crippen LogP contribution in [0.1, 0.15) is 13.8 Å². The molecule has 1 heterocycles. The van der Waals surface area contributed by atoms with Gasteiger partial charge in [0.1, 0.15) is 25.1 Å². The van der Waals surface area contributed by atoms with Crippen molar-refractivity contribution in [2.45, 2.75) is 26.0 Å². The van der Waals surface area contributed by atoms with E-state index in [0.29, 0.717) is 25.4 Å². The quantitative estimate of drug-likeness (QED) is 0.343. The molecule has 0 radical (unpaired) electrons. The van der Waals surface area contributed by atoms with Crippen LogP contribution in [0.25, 0.3) is 21.8 Å². The zero-order valence-electron chi connectivity index (χ0n) is 19.5. The molecule has 4 aromatic rings. The van der Waals surface area contributed by atoms with E-state index in [1.165, 1.54) is 0 Å². The third kappa shape index (κ3) is 5.41. The molecule has 0 unspecified atom stereocenters. The van der Waals surface area contributed by atoms with Gasteiger partial charge in [-0.1, -0.05) is 36.4 Å². The Morgan fingerprint density at radius 2 is 1.55 bits per heavy atom. The topological polar surface area (TPSA) is 67.0 Å². The number of rotatable bonds is 11. The Kier molecular flexibility index (Phi) is 7.37. The predicted octanol–water partition coefficient (Wildman–Crippen LogP) is 4.86. The standard InChI is InChI=1S/C27H32N2O4/c1-19(2)29(15-16-32-25-13-7-6-12-24(25)31-3)17-20(30)18-33-26-14-8-11-23-27(26)21-9-4-5-10-22(21)28-23/h4-14,19-20,28,30H,15-18H2,1-3H3/t20-/m1/s1. The van der Waals surface area contributed by atoms with Crippen LogP contribution in [0.4, 0.5) is 0 Å². The minimum atomic E-state index is -0.626. The number of hydrogen-bond donors (Lipinski definition) is 2. The highest BCUT2D eigenvalue weighted by molar-refractivity contribution is 6.10. The number of nitrogens with zero attached hydrogens (tertiary/aromatic N) is 1. The number of aliphatic hydroxyl groups is 1. The first-order valence-corrected chi connectivity index (χ1v) is 11.4. The first-order chi connectivity index (χ1) is 16.1. The van der Waals surface area contributed by atoms with Gasteiger partial charge in [0.25, 0.3) is 0 Å². The van der Waals surface area contributed by atoms with Crippen molar-refractivity contribution in [3.05, 3.63) is 66.7 Å². The summed E-state index contributed by atoms with van der Waals surface area (Å²) in [6.07, 6.45) is -0.626. The van der Waals surface area contributed by atoms with Gasteiger partial charge in [-0.2, -0.15) is 0 Å². The number of aromatic amines is 1. The molecule has 1 aromatic heterocycles. The molecule has 6 heteroatoms. The van der Waals surface area contributed by atoms with Crippen molar-refractivity contribution in [3.8, 4) is 17.2 Å². The van der Waals surface area contributed by atoms with Crippen LogP contribution in [-0.2, 0) is 0 Å². The first-order valence-electron chi connectivity index (χ1n) is 11.4. The molecule has 0 fully saturated rings. The summed E-state index contributed by atoms with van der Waals surface area (Å²) in [5, 5.41) is 12.9. The van der Waals surface area contributed by atoms with E-state index in [2.05, 4.69) is 35.9 Å². The van der Waals surface area contributed by atoms with Crippen molar-refractivity contribution in [1.82, 2.24) is 9.88 Å². The van der Waals surface area contributed by atoms with Crippen molar-refractivity contribution in [1.29, 1.82) is 0 Å². The molecule has 4 rings (SSSR count). The number of ether oxygens (including phenoxy) is 3. The van der Waals surface area contributed by atoms with Gasteiger partial charge in [0, 0.05) is 35.4 Å². The van der Waals surface area contributed by atoms with Crippen LogP contribution in [0.5, 0.6) is 17.2 Å². The van der Waals surface area contributed by atoms with Gasteiger partial charge in [-0.25, -0.2) is 0 Å². The molecule has 2 N–H and O–H groups in total. The lowest BCUT2D eigenvalue weighted by Gasteiger charge is -2.28. The molecule has 0 bridgehead atoms. The molecule has 33 heavy (non-hydrogen) atoms. The molecule has 174 valence electrons. The van der Waals surface area contributed by atoms with Crippen molar-refractivity contribution >= 4 is 21.8 Å². The lowest BCUT2D eigenvalue weighted by atomic mass is 10.1. The van der Waals surface area contributed by atoms with Crippen LogP contribution in [0.2, 0.25) is 0 Å². The largest absolute Gasteiger partial charge is 0.493 e. The van der Waals surface area contributed by atoms with Crippen LogP contribution in [0, 0.1) is 0 Å². The molecule has 6 nitrogen and oxygen atoms in total. The smallest absolute Gasteiger partial charge is 0.161 e. The molecule has 0 spiro atoms. The number of hydrogen-bond acceptors (Lipinski definition) is 5. The van der Waals surface area contributed by atoms with Crippen LogP contribution in [0.15, 0.2) is 66.7 Å². The van der Waals surface area contributed by atoms with E-state index in [9.17, 15) is 5.11 Å². The summed E-state index contributed by atoms with van der Waals surface area (Å²) >= 11 is 0. The van der Waals surface area contributed by atoms with Crippen molar-refractivity contribution in [2.75, 3.05) is 33.4 Å². The monoisotopic (exact) mass is 448 g/mol. The van der Waals surface area contributed by atoms with E-state index in [1.807, 2.05) is 54.6 Å². The Bertz CT molecular complexity index is 1190. The van der Waals surface area contributed by atoms with Crippen LogP contribution in [0.3, 0.4) is 0 Å². The summed E-state index contributed by atoms with van der Waals surface area (Å²) in [6.45, 7) is 6.13. The Hall–Kier alpha value is -3.22. The lowest BCUT2D eigenvalue weighted by molar-refractivity contribution is 0.0521. The lowest BCUT2D eigenvalue weighted by Crippen LogP contribution is -2.41. The number of benzene rings is 3. The fourth-order valence-corrected chi connectivity index (χ4v) is 4.07. The summed E-state index contributed by atoms with van der Waals surface area (Å²) in [5.74, 6) is 2.22. The average molecular weight is 449 g/mol. The van der Waals surface area contributed by atoms with Crippen molar-refractivity contribution < 1.29 is 19.3 Å². The molecule has 0 aliphatic heterocycles. The maximum Gasteiger partial charge on any atom is 0.161 e. The van der Waals surface area contributed by atoms with Gasteiger partial charge in [0.05, 0.1) is 12.6 Å². The minimum Gasteiger partial charge on any atom is -0.493 e. The van der Waals surface area contributed by atoms with E-state index in [1.54, 1.807) is 7.11 Å². The fourth-order valence-electron chi connectivity index (χ4n) is 4.07. The number of H-pyrrole nitrogens is 1. The minimum absolute atomic E-state index is 0.217. The number of para-hydroxylation sites is 3. The number of nitrogens with one attached hydrogen (secondary N) is 1. The fraction of sp³-hybridized carbons (Fsp3) is 0.333. The maximum absolute atomic E-state index is 10.7. The molecule has 3 aromatic carbocycles. The molecule has 1 atom stereocenters. The Morgan fingerprint density at radius 3 is 2.33 bits per heavy atom. The van der Waals surface area contributed by atoms with Gasteiger partial charge in [-0.15, -0.1) is 0 Å². The normalized spacial score (nSPS) is 12.5. The number of methoxy groups -OCH3 is 1. The summed E-state index contributed by atoms with van der Waals surface area (Å²) < 4.78 is 17.3. The van der Waals surface area contributed by atoms with Crippen molar-refractivity contribution in [2.24, 2.45) is 0 Å². The van der Waals surface area contributed by atoms with Gasteiger partial charge in [0.2, 0.25) is 0 Å². The summed E-state index contributed by atoms with van der Waals surface area (Å²) in [6, 6.07) is 22.0. The molecule has 0 amide bonds. The highest BCUT2D eigenvalue weighted by atomic mass is 16.5. The second kappa shape index (κ2) is 10.6. The zero-order valence-corrected chi connectivity index (χ0v) is 19.5. The van der Waals surface area contributed by atoms with Crippen LogP contribution < -0.4 is 14.2 Å². The molecular weight excluding hydrogens is 416 g/mol. The highest BCUT2D eigenvalue weighted by Crippen LogP contribution is 2.33. The van der Waals surface area contributed by atoms with E-state index < -0.39 is 6.10 Å². The molecule has 0 aliphatic carbocycles. The van der Waals surface area contributed by atoms with E-state index in [0.717, 1.165) is 33.3 Å². The van der Waals surface area contributed by atoms with E-state index in [4.69, 9.17) is 14.2 Å². The summed E-state index contributed by atoms with van der Waals surface area (Å²) in [4.78, 5) is 5.61. The molecule has 0 saturated heterocycles. The maximum atomic E-state index is 10.7.